The third-order valence-electron chi connectivity index (χ3n) is 5.13. The molecule has 0 N–H and O–H groups in total. The smallest absolute Gasteiger partial charge is 0.271 e. The van der Waals surface area contributed by atoms with E-state index in [9.17, 15) is 24.5 Å². The zero-order valence-electron chi connectivity index (χ0n) is 15.5. The van der Waals surface area contributed by atoms with Gasteiger partial charge in [-0.3, -0.25) is 24.5 Å². The predicted octanol–water partition coefficient (Wildman–Crippen LogP) is 3.33. The molecule has 1 aliphatic heterocycles. The van der Waals surface area contributed by atoms with E-state index in [-0.39, 0.29) is 24.1 Å². The van der Waals surface area contributed by atoms with Gasteiger partial charge in [0, 0.05) is 17.7 Å². The van der Waals surface area contributed by atoms with E-state index >= 15 is 0 Å². The molecule has 8 heteroatoms. The summed E-state index contributed by atoms with van der Waals surface area (Å²) in [4.78, 5) is 49.8. The van der Waals surface area contributed by atoms with Crippen LogP contribution in [0.5, 0.6) is 0 Å². The number of anilines is 1. The Balaban J connectivity index is 2.09. The molecular formula is C20H19N3O5. The van der Waals surface area contributed by atoms with Crippen molar-refractivity contribution in [1.82, 2.24) is 5.01 Å². The number of hydrogen-bond acceptors (Lipinski definition) is 5. The molecule has 1 heterocycles. The number of hydrazine groups is 1. The van der Waals surface area contributed by atoms with E-state index in [1.165, 1.54) is 24.3 Å². The van der Waals surface area contributed by atoms with Crippen molar-refractivity contribution in [3.05, 3.63) is 70.3 Å². The van der Waals surface area contributed by atoms with Gasteiger partial charge in [-0.25, -0.2) is 5.01 Å². The number of rotatable bonds is 5. The van der Waals surface area contributed by atoms with E-state index in [0.717, 1.165) is 10.0 Å². The van der Waals surface area contributed by atoms with Crippen LogP contribution >= 0.6 is 0 Å². The van der Waals surface area contributed by atoms with Gasteiger partial charge in [0.15, 0.2) is 0 Å². The normalized spacial score (nSPS) is 15.8. The van der Waals surface area contributed by atoms with Crippen molar-refractivity contribution in [2.24, 2.45) is 5.41 Å². The number of nitro groups is 1. The highest BCUT2D eigenvalue weighted by atomic mass is 16.6. The molecule has 28 heavy (non-hydrogen) atoms. The van der Waals surface area contributed by atoms with Crippen LogP contribution in [-0.4, -0.2) is 27.7 Å². The Morgan fingerprint density at radius 3 is 2.04 bits per heavy atom. The summed E-state index contributed by atoms with van der Waals surface area (Å²) in [5.74, 6) is -1.75. The Morgan fingerprint density at radius 2 is 1.54 bits per heavy atom. The molecule has 1 saturated heterocycles. The highest BCUT2D eigenvalue weighted by molar-refractivity contribution is 6.25. The molecule has 0 atom stereocenters. The second-order valence-corrected chi connectivity index (χ2v) is 6.47. The molecule has 0 bridgehead atoms. The summed E-state index contributed by atoms with van der Waals surface area (Å²) in [6.45, 7) is 3.48. The Morgan fingerprint density at radius 1 is 0.964 bits per heavy atom. The maximum atomic E-state index is 13.2. The third kappa shape index (κ3) is 2.83. The molecule has 0 aromatic heterocycles. The van der Waals surface area contributed by atoms with Crippen LogP contribution in [0.1, 0.15) is 37.0 Å². The molecule has 1 aliphatic rings. The van der Waals surface area contributed by atoms with Gasteiger partial charge in [0.05, 0.1) is 10.6 Å². The largest absolute Gasteiger partial charge is 0.280 e. The predicted molar refractivity (Wildman–Crippen MR) is 101 cm³/mol. The lowest BCUT2D eigenvalue weighted by molar-refractivity contribution is -0.384. The standard InChI is InChI=1S/C20H19N3O5/c1-3-20(4-2)18(25)21(15-8-6-5-7-9-15)22(19(20)26)17(24)14-10-12-16(13-11-14)23(27)28/h5-13H,3-4H2,1-2H3. The number of carbonyl (C=O) groups excluding carboxylic acids is 3. The highest BCUT2D eigenvalue weighted by Gasteiger charge is 2.58. The second-order valence-electron chi connectivity index (χ2n) is 6.47. The number of benzene rings is 2. The number of nitro benzene ring substituents is 1. The van der Waals surface area contributed by atoms with Gasteiger partial charge in [-0.1, -0.05) is 32.0 Å². The van der Waals surface area contributed by atoms with Gasteiger partial charge in [0.25, 0.3) is 23.4 Å². The molecule has 0 radical (unpaired) electrons. The van der Waals surface area contributed by atoms with Gasteiger partial charge in [-0.05, 0) is 37.1 Å². The molecule has 0 aliphatic carbocycles. The molecule has 0 spiro atoms. The first-order chi connectivity index (χ1) is 13.4. The fraction of sp³-hybridized carbons (Fsp3) is 0.250. The van der Waals surface area contributed by atoms with E-state index < -0.39 is 28.1 Å². The summed E-state index contributed by atoms with van der Waals surface area (Å²) < 4.78 is 0. The molecule has 0 unspecified atom stereocenters. The Bertz CT molecular complexity index is 936. The van der Waals surface area contributed by atoms with E-state index in [0.29, 0.717) is 5.69 Å². The summed E-state index contributed by atoms with van der Waals surface area (Å²) in [5.41, 5.74) is -1.00. The minimum atomic E-state index is -1.31. The number of para-hydroxylation sites is 1. The average Bonchev–Trinajstić information content (AvgIpc) is 2.95. The van der Waals surface area contributed by atoms with Crippen molar-refractivity contribution in [3.63, 3.8) is 0 Å². The van der Waals surface area contributed by atoms with Crippen LogP contribution in [0, 0.1) is 15.5 Å². The molecule has 2 aromatic carbocycles. The molecule has 1 fully saturated rings. The minimum Gasteiger partial charge on any atom is -0.271 e. The van der Waals surface area contributed by atoms with E-state index in [1.807, 2.05) is 0 Å². The molecule has 2 aromatic rings. The second kappa shape index (κ2) is 7.22. The lowest BCUT2D eigenvalue weighted by atomic mass is 9.81. The van der Waals surface area contributed by atoms with E-state index in [2.05, 4.69) is 0 Å². The third-order valence-corrected chi connectivity index (χ3v) is 5.13. The van der Waals surface area contributed by atoms with Crippen molar-refractivity contribution in [3.8, 4) is 0 Å². The van der Waals surface area contributed by atoms with Gasteiger partial charge >= 0.3 is 0 Å². The molecule has 3 amide bonds. The van der Waals surface area contributed by atoms with E-state index in [4.69, 9.17) is 0 Å². The lowest BCUT2D eigenvalue weighted by Gasteiger charge is -2.25. The Kier molecular flexibility index (Phi) is 4.96. The highest BCUT2D eigenvalue weighted by Crippen LogP contribution is 2.41. The maximum absolute atomic E-state index is 13.2. The van der Waals surface area contributed by atoms with Gasteiger partial charge < -0.3 is 0 Å². The Labute approximate surface area is 161 Å². The fourth-order valence-electron chi connectivity index (χ4n) is 3.37. The van der Waals surface area contributed by atoms with Crippen LogP contribution in [0.4, 0.5) is 11.4 Å². The number of non-ortho nitro benzene ring substituents is 1. The summed E-state index contributed by atoms with van der Waals surface area (Å²) in [6, 6.07) is 13.4. The van der Waals surface area contributed by atoms with Crippen molar-refractivity contribution in [2.75, 3.05) is 5.01 Å². The topological polar surface area (TPSA) is 101 Å². The van der Waals surface area contributed by atoms with Crippen LogP contribution in [0.2, 0.25) is 0 Å². The van der Waals surface area contributed by atoms with Crippen molar-refractivity contribution >= 4 is 29.1 Å². The first kappa shape index (κ1) is 19.2. The van der Waals surface area contributed by atoms with Crippen molar-refractivity contribution in [1.29, 1.82) is 0 Å². The van der Waals surface area contributed by atoms with Crippen LogP contribution in [0.25, 0.3) is 0 Å². The maximum Gasteiger partial charge on any atom is 0.280 e. The zero-order valence-corrected chi connectivity index (χ0v) is 15.5. The van der Waals surface area contributed by atoms with E-state index in [1.54, 1.807) is 44.2 Å². The quantitative estimate of drug-likeness (QED) is 0.342. The number of imide groups is 1. The first-order valence-corrected chi connectivity index (χ1v) is 8.90. The van der Waals surface area contributed by atoms with Gasteiger partial charge in [0.1, 0.15) is 5.41 Å². The van der Waals surface area contributed by atoms with Crippen molar-refractivity contribution in [2.45, 2.75) is 26.7 Å². The van der Waals surface area contributed by atoms with Crippen LogP contribution in [-0.2, 0) is 9.59 Å². The minimum absolute atomic E-state index is 0.0793. The zero-order chi connectivity index (χ0) is 20.5. The summed E-state index contributed by atoms with van der Waals surface area (Å²) in [6.07, 6.45) is 0.517. The number of hydrogen-bond donors (Lipinski definition) is 0. The van der Waals surface area contributed by atoms with Crippen LogP contribution in [0.15, 0.2) is 54.6 Å². The summed E-state index contributed by atoms with van der Waals surface area (Å²) in [5, 5.41) is 12.8. The van der Waals surface area contributed by atoms with Crippen LogP contribution in [0.3, 0.4) is 0 Å². The molecule has 3 rings (SSSR count). The monoisotopic (exact) mass is 381 g/mol. The fourth-order valence-corrected chi connectivity index (χ4v) is 3.37. The van der Waals surface area contributed by atoms with Gasteiger partial charge in [-0.15, -0.1) is 0 Å². The average molecular weight is 381 g/mol. The Hall–Kier alpha value is -3.55. The van der Waals surface area contributed by atoms with Gasteiger partial charge in [0.2, 0.25) is 0 Å². The molecule has 8 nitrogen and oxygen atoms in total. The van der Waals surface area contributed by atoms with Gasteiger partial charge in [-0.2, -0.15) is 5.01 Å². The molecule has 0 saturated carbocycles. The summed E-state index contributed by atoms with van der Waals surface area (Å²) >= 11 is 0. The van der Waals surface area contributed by atoms with Crippen molar-refractivity contribution < 1.29 is 19.3 Å². The molecule has 144 valence electrons. The number of carbonyl (C=O) groups is 3. The number of nitrogens with zero attached hydrogens (tertiary/aromatic N) is 3. The molecular weight excluding hydrogens is 362 g/mol. The summed E-state index contributed by atoms with van der Waals surface area (Å²) in [7, 11) is 0. The number of amides is 3. The lowest BCUT2D eigenvalue weighted by Crippen LogP contribution is -2.45. The SMILES string of the molecule is CCC1(CC)C(=O)N(C(=O)c2ccc([N+](=O)[O-])cc2)N(c2ccccc2)C1=O. The van der Waals surface area contributed by atoms with Crippen LogP contribution < -0.4 is 5.01 Å². The first-order valence-electron chi connectivity index (χ1n) is 8.90.